The lowest BCUT2D eigenvalue weighted by Crippen LogP contribution is -2.41. The molecular formula is C21H24F3N5O. The lowest BCUT2D eigenvalue weighted by Gasteiger charge is -2.27. The van der Waals surface area contributed by atoms with Crippen molar-refractivity contribution < 1.29 is 17.9 Å². The third kappa shape index (κ3) is 4.21. The molecule has 0 unspecified atom stereocenters. The highest BCUT2D eigenvalue weighted by molar-refractivity contribution is 5.63. The zero-order valence-electron chi connectivity index (χ0n) is 16.8. The van der Waals surface area contributed by atoms with E-state index in [0.717, 1.165) is 6.07 Å². The van der Waals surface area contributed by atoms with Crippen molar-refractivity contribution >= 4 is 11.5 Å². The second-order valence-corrected chi connectivity index (χ2v) is 7.70. The highest BCUT2D eigenvalue weighted by atomic mass is 19.1. The number of ether oxygens (including phenoxy) is 1. The van der Waals surface area contributed by atoms with E-state index in [1.807, 2.05) is 13.8 Å². The standard InChI is InChI=1S/C21H24F3N5O/c1-12(2)30-14-4-6-29-18(11-26-19(29)7-14)20-16(23)8-17(24)21(28-20)27-10-13-9-25-5-3-15(13)22/h4,6-8,11-13,15,25H,3,5,9-10H2,1-2H3,(H,27,28)/t13-,15+/m1/s1. The molecule has 1 fully saturated rings. The van der Waals surface area contributed by atoms with Gasteiger partial charge in [0.25, 0.3) is 0 Å². The highest BCUT2D eigenvalue weighted by Gasteiger charge is 2.25. The molecule has 3 aromatic rings. The van der Waals surface area contributed by atoms with Gasteiger partial charge in [-0.3, -0.25) is 4.40 Å². The van der Waals surface area contributed by atoms with Gasteiger partial charge < -0.3 is 15.4 Å². The van der Waals surface area contributed by atoms with Crippen LogP contribution < -0.4 is 15.4 Å². The lowest BCUT2D eigenvalue weighted by molar-refractivity contribution is 0.187. The molecule has 0 saturated carbocycles. The molecule has 2 N–H and O–H groups in total. The summed E-state index contributed by atoms with van der Waals surface area (Å²) >= 11 is 0. The Balaban J connectivity index is 1.61. The molecule has 6 nitrogen and oxygen atoms in total. The van der Waals surface area contributed by atoms with E-state index in [1.165, 1.54) is 6.20 Å². The Hall–Kier alpha value is -2.81. The van der Waals surface area contributed by atoms with Crippen LogP contribution in [-0.4, -0.2) is 46.3 Å². The maximum absolute atomic E-state index is 14.6. The van der Waals surface area contributed by atoms with Crippen LogP contribution in [0.5, 0.6) is 5.75 Å². The topological polar surface area (TPSA) is 63.5 Å². The lowest BCUT2D eigenvalue weighted by atomic mass is 9.97. The molecule has 30 heavy (non-hydrogen) atoms. The predicted octanol–water partition coefficient (Wildman–Crippen LogP) is 3.82. The molecule has 2 atom stereocenters. The number of anilines is 1. The van der Waals surface area contributed by atoms with Crippen LogP contribution in [0.3, 0.4) is 0 Å². The van der Waals surface area contributed by atoms with Crippen molar-refractivity contribution in [2.24, 2.45) is 5.92 Å². The molecule has 0 bridgehead atoms. The van der Waals surface area contributed by atoms with E-state index in [4.69, 9.17) is 4.74 Å². The molecule has 0 spiro atoms. The first-order chi connectivity index (χ1) is 14.4. The van der Waals surface area contributed by atoms with Crippen molar-refractivity contribution in [3.05, 3.63) is 42.2 Å². The van der Waals surface area contributed by atoms with Crippen LogP contribution in [0.1, 0.15) is 20.3 Å². The van der Waals surface area contributed by atoms with Crippen LogP contribution in [-0.2, 0) is 0 Å². The van der Waals surface area contributed by atoms with E-state index in [-0.39, 0.29) is 30.1 Å². The summed E-state index contributed by atoms with van der Waals surface area (Å²) in [6.07, 6.45) is 2.64. The van der Waals surface area contributed by atoms with Crippen molar-refractivity contribution in [1.29, 1.82) is 0 Å². The third-order valence-corrected chi connectivity index (χ3v) is 5.08. The number of rotatable bonds is 6. The Morgan fingerprint density at radius 2 is 2.13 bits per heavy atom. The summed E-state index contributed by atoms with van der Waals surface area (Å²) in [5.41, 5.74) is 0.892. The Morgan fingerprint density at radius 3 is 2.90 bits per heavy atom. The molecule has 0 aliphatic carbocycles. The number of aromatic nitrogens is 3. The van der Waals surface area contributed by atoms with Gasteiger partial charge in [0.15, 0.2) is 17.5 Å². The van der Waals surface area contributed by atoms with Crippen LogP contribution in [0.2, 0.25) is 0 Å². The molecule has 1 saturated heterocycles. The average Bonchev–Trinajstić information content (AvgIpc) is 3.11. The number of imidazole rings is 1. The van der Waals surface area contributed by atoms with Crippen molar-refractivity contribution in [3.63, 3.8) is 0 Å². The van der Waals surface area contributed by atoms with E-state index in [9.17, 15) is 13.2 Å². The van der Waals surface area contributed by atoms with Crippen molar-refractivity contribution in [3.8, 4) is 17.1 Å². The number of nitrogens with one attached hydrogen (secondary N) is 2. The molecule has 1 aliphatic rings. The largest absolute Gasteiger partial charge is 0.491 e. The molecule has 1 aliphatic heterocycles. The number of pyridine rings is 2. The zero-order chi connectivity index (χ0) is 21.3. The summed E-state index contributed by atoms with van der Waals surface area (Å²) in [5, 5.41) is 5.96. The number of piperidine rings is 1. The normalized spacial score (nSPS) is 19.4. The van der Waals surface area contributed by atoms with Crippen molar-refractivity contribution in [2.45, 2.75) is 32.5 Å². The number of nitrogens with zero attached hydrogens (tertiary/aromatic N) is 3. The van der Waals surface area contributed by atoms with Crippen molar-refractivity contribution in [1.82, 2.24) is 19.7 Å². The van der Waals surface area contributed by atoms with E-state index >= 15 is 0 Å². The first-order valence-electron chi connectivity index (χ1n) is 10.0. The number of halogens is 3. The minimum atomic E-state index is -0.970. The van der Waals surface area contributed by atoms with Gasteiger partial charge in [-0.15, -0.1) is 0 Å². The Kier molecular flexibility index (Phi) is 5.80. The summed E-state index contributed by atoms with van der Waals surface area (Å²) < 4.78 is 50.2. The van der Waals surface area contributed by atoms with Crippen LogP contribution in [0.4, 0.5) is 19.0 Å². The Bertz CT molecular complexity index is 1040. The van der Waals surface area contributed by atoms with E-state index in [1.54, 1.807) is 22.7 Å². The van der Waals surface area contributed by atoms with Gasteiger partial charge in [-0.2, -0.15) is 0 Å². The summed E-state index contributed by atoms with van der Waals surface area (Å²) in [5.74, 6) is -1.39. The molecule has 0 amide bonds. The van der Waals surface area contributed by atoms with Crippen LogP contribution in [0.15, 0.2) is 30.6 Å². The van der Waals surface area contributed by atoms with Gasteiger partial charge in [0.2, 0.25) is 0 Å². The SMILES string of the molecule is CC(C)Oc1ccn2c(-c3nc(NC[C@H]4CNCC[C@@H]4F)c(F)cc3F)cnc2c1. The quantitative estimate of drug-likeness (QED) is 0.636. The monoisotopic (exact) mass is 419 g/mol. The van der Waals surface area contributed by atoms with Gasteiger partial charge in [0.05, 0.1) is 18.0 Å². The maximum atomic E-state index is 14.6. The van der Waals surface area contributed by atoms with E-state index in [2.05, 4.69) is 20.6 Å². The van der Waals surface area contributed by atoms with Gasteiger partial charge in [-0.1, -0.05) is 0 Å². The fourth-order valence-corrected chi connectivity index (χ4v) is 3.57. The summed E-state index contributed by atoms with van der Waals surface area (Å²) in [4.78, 5) is 8.44. The molecule has 160 valence electrons. The predicted molar refractivity (Wildman–Crippen MR) is 108 cm³/mol. The average molecular weight is 419 g/mol. The number of fused-ring (bicyclic) bond motifs is 1. The number of hydrogen-bond donors (Lipinski definition) is 2. The third-order valence-electron chi connectivity index (χ3n) is 5.08. The zero-order valence-corrected chi connectivity index (χ0v) is 16.8. The Morgan fingerprint density at radius 1 is 1.30 bits per heavy atom. The first kappa shape index (κ1) is 20.5. The van der Waals surface area contributed by atoms with Gasteiger partial charge in [0, 0.05) is 37.3 Å². The second-order valence-electron chi connectivity index (χ2n) is 7.70. The Labute approximate surface area is 172 Å². The van der Waals surface area contributed by atoms with Gasteiger partial charge >= 0.3 is 0 Å². The minimum absolute atomic E-state index is 0.00927. The van der Waals surface area contributed by atoms with Crippen LogP contribution in [0, 0.1) is 17.6 Å². The summed E-state index contributed by atoms with van der Waals surface area (Å²) in [6.45, 7) is 5.16. The molecule has 4 rings (SSSR count). The summed E-state index contributed by atoms with van der Waals surface area (Å²) in [6, 6.07) is 4.27. The number of hydrogen-bond acceptors (Lipinski definition) is 5. The molecule has 0 aromatic carbocycles. The van der Waals surface area contributed by atoms with Gasteiger partial charge in [-0.25, -0.2) is 23.1 Å². The molecule has 4 heterocycles. The second kappa shape index (κ2) is 8.51. The smallest absolute Gasteiger partial charge is 0.168 e. The molecule has 9 heteroatoms. The highest BCUT2D eigenvalue weighted by Crippen LogP contribution is 2.27. The van der Waals surface area contributed by atoms with Crippen LogP contribution in [0.25, 0.3) is 17.0 Å². The minimum Gasteiger partial charge on any atom is -0.491 e. The fraction of sp³-hybridized carbons (Fsp3) is 0.429. The van der Waals surface area contributed by atoms with Crippen molar-refractivity contribution in [2.75, 3.05) is 25.0 Å². The van der Waals surface area contributed by atoms with Crippen LogP contribution >= 0.6 is 0 Å². The first-order valence-corrected chi connectivity index (χ1v) is 10.0. The molecule has 3 aromatic heterocycles. The maximum Gasteiger partial charge on any atom is 0.168 e. The van der Waals surface area contributed by atoms with E-state index in [0.29, 0.717) is 36.6 Å². The molecule has 0 radical (unpaired) electrons. The molecular weight excluding hydrogens is 395 g/mol. The van der Waals surface area contributed by atoms with E-state index < -0.39 is 17.8 Å². The summed E-state index contributed by atoms with van der Waals surface area (Å²) in [7, 11) is 0. The fourth-order valence-electron chi connectivity index (χ4n) is 3.57. The number of alkyl halides is 1. The van der Waals surface area contributed by atoms with Gasteiger partial charge in [0.1, 0.15) is 23.3 Å². The van der Waals surface area contributed by atoms with Gasteiger partial charge in [-0.05, 0) is 32.9 Å².